The average molecular weight is 341 g/mol. The number of nitrogens with one attached hydrogen (secondary N) is 1. The molecule has 0 saturated carbocycles. The molecular formula is C19H19NO3S. The number of fused-ring (bicyclic) bond motifs is 3. The molecule has 5 heteroatoms. The topological polar surface area (TPSA) is 55.4 Å². The highest BCUT2D eigenvalue weighted by Gasteiger charge is 2.31. The van der Waals surface area contributed by atoms with Crippen molar-refractivity contribution in [3.8, 4) is 10.4 Å². The lowest BCUT2D eigenvalue weighted by Gasteiger charge is -2.08. The molecule has 1 aliphatic carbocycles. The average Bonchev–Trinajstić information content (AvgIpc) is 3.09. The molecule has 0 saturated heterocycles. The number of carbonyl (C=O) groups excluding carboxylic acids is 2. The first-order valence-electron chi connectivity index (χ1n) is 7.92. The molecule has 0 bridgehead atoms. The second-order valence-corrected chi connectivity index (χ2v) is 6.61. The summed E-state index contributed by atoms with van der Waals surface area (Å²) < 4.78 is 5.22. The molecule has 3 rings (SSSR count). The number of amides is 1. The van der Waals surface area contributed by atoms with Crippen molar-refractivity contribution in [2.75, 3.05) is 11.9 Å². The van der Waals surface area contributed by atoms with Gasteiger partial charge in [-0.25, -0.2) is 4.79 Å². The molecule has 1 aromatic carbocycles. The van der Waals surface area contributed by atoms with E-state index in [0.717, 1.165) is 16.0 Å². The Kier molecular flexibility index (Phi) is 4.53. The van der Waals surface area contributed by atoms with Gasteiger partial charge in [-0.15, -0.1) is 11.3 Å². The lowest BCUT2D eigenvalue weighted by Crippen LogP contribution is -2.15. The van der Waals surface area contributed by atoms with Gasteiger partial charge in [-0.1, -0.05) is 30.3 Å². The van der Waals surface area contributed by atoms with E-state index in [1.807, 2.05) is 19.1 Å². The molecule has 1 aliphatic rings. The molecular weight excluding hydrogens is 322 g/mol. The molecule has 0 atom stereocenters. The van der Waals surface area contributed by atoms with Crippen LogP contribution in [0.15, 0.2) is 35.9 Å². The first-order chi connectivity index (χ1) is 11.6. The summed E-state index contributed by atoms with van der Waals surface area (Å²) in [6.07, 6.45) is 2.44. The summed E-state index contributed by atoms with van der Waals surface area (Å²) in [6, 6.07) is 8.10. The SMILES string of the molecule is CC=C(C)C(=O)Nc1sc2c(c1C(=O)OCC)Cc1ccccc1-2. The number of hydrogen-bond acceptors (Lipinski definition) is 4. The third-order valence-electron chi connectivity index (χ3n) is 4.13. The van der Waals surface area contributed by atoms with Crippen LogP contribution in [0.3, 0.4) is 0 Å². The number of anilines is 1. The van der Waals surface area contributed by atoms with Crippen LogP contribution in [0.1, 0.15) is 42.3 Å². The summed E-state index contributed by atoms with van der Waals surface area (Å²) in [4.78, 5) is 25.7. The van der Waals surface area contributed by atoms with E-state index in [4.69, 9.17) is 4.74 Å². The predicted octanol–water partition coefficient (Wildman–Crippen LogP) is 4.40. The van der Waals surface area contributed by atoms with Crippen molar-refractivity contribution < 1.29 is 14.3 Å². The molecule has 124 valence electrons. The lowest BCUT2D eigenvalue weighted by atomic mass is 10.1. The zero-order valence-electron chi connectivity index (χ0n) is 13.9. The smallest absolute Gasteiger partial charge is 0.341 e. The van der Waals surface area contributed by atoms with Gasteiger partial charge in [0.25, 0.3) is 5.91 Å². The van der Waals surface area contributed by atoms with Crippen molar-refractivity contribution in [3.63, 3.8) is 0 Å². The third kappa shape index (κ3) is 2.76. The van der Waals surface area contributed by atoms with Crippen LogP contribution < -0.4 is 5.32 Å². The predicted molar refractivity (Wildman–Crippen MR) is 96.6 cm³/mol. The van der Waals surface area contributed by atoms with E-state index in [1.54, 1.807) is 19.9 Å². The highest BCUT2D eigenvalue weighted by atomic mass is 32.1. The number of benzene rings is 1. The first kappa shape index (κ1) is 16.5. The number of esters is 1. The number of rotatable bonds is 4. The van der Waals surface area contributed by atoms with Crippen LogP contribution in [-0.4, -0.2) is 18.5 Å². The lowest BCUT2D eigenvalue weighted by molar-refractivity contribution is -0.112. The van der Waals surface area contributed by atoms with Gasteiger partial charge in [-0.3, -0.25) is 4.79 Å². The molecule has 1 N–H and O–H groups in total. The molecule has 0 radical (unpaired) electrons. The van der Waals surface area contributed by atoms with E-state index in [0.29, 0.717) is 29.2 Å². The Bertz CT molecular complexity index is 848. The number of carbonyl (C=O) groups is 2. The van der Waals surface area contributed by atoms with Crippen LogP contribution in [0.25, 0.3) is 10.4 Å². The molecule has 4 nitrogen and oxygen atoms in total. The van der Waals surface area contributed by atoms with Crippen molar-refractivity contribution in [1.82, 2.24) is 0 Å². The molecule has 0 unspecified atom stereocenters. The van der Waals surface area contributed by atoms with E-state index in [1.165, 1.54) is 16.9 Å². The fourth-order valence-corrected chi connectivity index (χ4v) is 4.04. The quantitative estimate of drug-likeness (QED) is 0.565. The van der Waals surface area contributed by atoms with E-state index < -0.39 is 0 Å². The molecule has 0 spiro atoms. The molecule has 24 heavy (non-hydrogen) atoms. The van der Waals surface area contributed by atoms with Gasteiger partial charge in [0.2, 0.25) is 0 Å². The van der Waals surface area contributed by atoms with Crippen LogP contribution in [0.5, 0.6) is 0 Å². The largest absolute Gasteiger partial charge is 0.462 e. The van der Waals surface area contributed by atoms with E-state index in [-0.39, 0.29) is 11.9 Å². The molecule has 1 heterocycles. The van der Waals surface area contributed by atoms with Crippen molar-refractivity contribution >= 4 is 28.2 Å². The van der Waals surface area contributed by atoms with E-state index in [2.05, 4.69) is 17.4 Å². The van der Waals surface area contributed by atoms with Gasteiger partial charge in [-0.2, -0.15) is 0 Å². The van der Waals surface area contributed by atoms with Crippen LogP contribution in [0.2, 0.25) is 0 Å². The minimum Gasteiger partial charge on any atom is -0.462 e. The summed E-state index contributed by atoms with van der Waals surface area (Å²) in [5.74, 6) is -0.576. The zero-order valence-corrected chi connectivity index (χ0v) is 14.8. The van der Waals surface area contributed by atoms with Gasteiger partial charge in [0.05, 0.1) is 12.2 Å². The minimum absolute atomic E-state index is 0.198. The maximum Gasteiger partial charge on any atom is 0.341 e. The Morgan fingerprint density at radius 3 is 2.79 bits per heavy atom. The van der Waals surface area contributed by atoms with Crippen molar-refractivity contribution in [2.24, 2.45) is 0 Å². The zero-order chi connectivity index (χ0) is 17.3. The highest BCUT2D eigenvalue weighted by Crippen LogP contribution is 2.47. The fourth-order valence-electron chi connectivity index (χ4n) is 2.78. The normalized spacial score (nSPS) is 12.5. The monoisotopic (exact) mass is 341 g/mol. The van der Waals surface area contributed by atoms with Gasteiger partial charge in [0, 0.05) is 16.9 Å². The summed E-state index contributed by atoms with van der Waals surface area (Å²) >= 11 is 1.44. The van der Waals surface area contributed by atoms with Gasteiger partial charge >= 0.3 is 5.97 Å². The van der Waals surface area contributed by atoms with Crippen molar-refractivity contribution in [2.45, 2.75) is 27.2 Å². The summed E-state index contributed by atoms with van der Waals surface area (Å²) in [7, 11) is 0. The number of allylic oxidation sites excluding steroid dienone is 1. The van der Waals surface area contributed by atoms with E-state index >= 15 is 0 Å². The number of hydrogen-bond donors (Lipinski definition) is 1. The molecule has 2 aromatic rings. The Morgan fingerprint density at radius 1 is 1.33 bits per heavy atom. The Labute approximate surface area is 145 Å². The Morgan fingerprint density at radius 2 is 2.08 bits per heavy atom. The summed E-state index contributed by atoms with van der Waals surface area (Å²) in [5, 5.41) is 3.44. The highest BCUT2D eigenvalue weighted by molar-refractivity contribution is 7.20. The van der Waals surface area contributed by atoms with Gasteiger partial charge < -0.3 is 10.1 Å². The van der Waals surface area contributed by atoms with Crippen molar-refractivity contribution in [3.05, 3.63) is 52.6 Å². The third-order valence-corrected chi connectivity index (χ3v) is 5.31. The minimum atomic E-state index is -0.378. The van der Waals surface area contributed by atoms with Gasteiger partial charge in [0.1, 0.15) is 5.00 Å². The van der Waals surface area contributed by atoms with E-state index in [9.17, 15) is 9.59 Å². The molecule has 0 fully saturated rings. The maximum absolute atomic E-state index is 12.5. The molecule has 1 amide bonds. The Hall–Kier alpha value is -2.40. The van der Waals surface area contributed by atoms with Crippen LogP contribution in [0, 0.1) is 0 Å². The summed E-state index contributed by atoms with van der Waals surface area (Å²) in [5.41, 5.74) is 4.38. The second kappa shape index (κ2) is 6.61. The molecule has 0 aliphatic heterocycles. The van der Waals surface area contributed by atoms with Gasteiger partial charge in [0.15, 0.2) is 0 Å². The standard InChI is InChI=1S/C19H19NO3S/c1-4-11(3)17(21)20-18-15(19(22)23-5-2)14-10-12-8-6-7-9-13(12)16(14)24-18/h4,6-9H,5,10H2,1-3H3,(H,20,21). The molecule has 1 aromatic heterocycles. The Balaban J connectivity index is 2.07. The first-order valence-corrected chi connectivity index (χ1v) is 8.73. The second-order valence-electron chi connectivity index (χ2n) is 5.59. The summed E-state index contributed by atoms with van der Waals surface area (Å²) in [6.45, 7) is 5.64. The fraction of sp³-hybridized carbons (Fsp3) is 0.263. The van der Waals surface area contributed by atoms with Crippen molar-refractivity contribution in [1.29, 1.82) is 0 Å². The number of ether oxygens (including phenoxy) is 1. The maximum atomic E-state index is 12.5. The van der Waals surface area contributed by atoms with Crippen LogP contribution in [-0.2, 0) is 16.0 Å². The number of thiophene rings is 1. The van der Waals surface area contributed by atoms with Crippen LogP contribution >= 0.6 is 11.3 Å². The van der Waals surface area contributed by atoms with Gasteiger partial charge in [-0.05, 0) is 37.5 Å². The van der Waals surface area contributed by atoms with Crippen LogP contribution in [0.4, 0.5) is 5.00 Å².